The third-order valence-electron chi connectivity index (χ3n) is 3.58. The lowest BCUT2D eigenvalue weighted by Crippen LogP contribution is -2.01. The van der Waals surface area contributed by atoms with Crippen LogP contribution in [-0.4, -0.2) is 0 Å². The SMILES string of the molecule is Cc1cc(NCc2ccc(C(C)C)cc2)cc(C)c1Br. The van der Waals surface area contributed by atoms with Gasteiger partial charge in [-0.15, -0.1) is 0 Å². The number of hydrogen-bond acceptors (Lipinski definition) is 1. The van der Waals surface area contributed by atoms with Crippen LogP contribution in [0.25, 0.3) is 0 Å². The van der Waals surface area contributed by atoms with E-state index in [-0.39, 0.29) is 0 Å². The third-order valence-corrected chi connectivity index (χ3v) is 4.83. The monoisotopic (exact) mass is 331 g/mol. The topological polar surface area (TPSA) is 12.0 Å². The Hall–Kier alpha value is -1.28. The van der Waals surface area contributed by atoms with Gasteiger partial charge in [0.15, 0.2) is 0 Å². The highest BCUT2D eigenvalue weighted by Crippen LogP contribution is 2.25. The van der Waals surface area contributed by atoms with Crippen LogP contribution < -0.4 is 5.32 Å². The van der Waals surface area contributed by atoms with E-state index in [1.807, 2.05) is 0 Å². The van der Waals surface area contributed by atoms with Gasteiger partial charge < -0.3 is 5.32 Å². The molecule has 0 spiro atoms. The first-order valence-electron chi connectivity index (χ1n) is 7.07. The number of anilines is 1. The summed E-state index contributed by atoms with van der Waals surface area (Å²) >= 11 is 3.60. The number of aryl methyl sites for hydroxylation is 2. The first-order valence-corrected chi connectivity index (χ1v) is 7.86. The predicted molar refractivity (Wildman–Crippen MR) is 91.5 cm³/mol. The molecule has 0 saturated heterocycles. The Morgan fingerprint density at radius 3 is 2.05 bits per heavy atom. The van der Waals surface area contributed by atoms with Crippen LogP contribution in [0.15, 0.2) is 40.9 Å². The first kappa shape index (κ1) is 15.1. The van der Waals surface area contributed by atoms with Crippen LogP contribution in [0, 0.1) is 13.8 Å². The van der Waals surface area contributed by atoms with Gasteiger partial charge in [0, 0.05) is 16.7 Å². The van der Waals surface area contributed by atoms with Gasteiger partial charge in [0.25, 0.3) is 0 Å². The summed E-state index contributed by atoms with van der Waals surface area (Å²) in [6.45, 7) is 9.56. The Kier molecular flexibility index (Phi) is 4.87. The van der Waals surface area contributed by atoms with Crippen LogP contribution in [0.5, 0.6) is 0 Å². The molecular weight excluding hydrogens is 310 g/mol. The lowest BCUT2D eigenvalue weighted by atomic mass is 10.0. The molecule has 2 heteroatoms. The number of halogens is 1. The van der Waals surface area contributed by atoms with Gasteiger partial charge in [0.2, 0.25) is 0 Å². The highest BCUT2D eigenvalue weighted by atomic mass is 79.9. The Morgan fingerprint density at radius 2 is 1.55 bits per heavy atom. The van der Waals surface area contributed by atoms with Crippen molar-refractivity contribution in [3.63, 3.8) is 0 Å². The molecule has 0 aliphatic carbocycles. The highest BCUT2D eigenvalue weighted by molar-refractivity contribution is 9.10. The number of nitrogens with one attached hydrogen (secondary N) is 1. The van der Waals surface area contributed by atoms with E-state index in [4.69, 9.17) is 0 Å². The molecule has 2 aromatic rings. The van der Waals surface area contributed by atoms with Crippen molar-refractivity contribution in [3.8, 4) is 0 Å². The molecule has 2 aromatic carbocycles. The van der Waals surface area contributed by atoms with Crippen molar-refractivity contribution in [2.45, 2.75) is 40.2 Å². The molecule has 0 radical (unpaired) electrons. The molecule has 0 bridgehead atoms. The van der Waals surface area contributed by atoms with Crippen LogP contribution >= 0.6 is 15.9 Å². The van der Waals surface area contributed by atoms with Crippen molar-refractivity contribution in [3.05, 3.63) is 63.1 Å². The van der Waals surface area contributed by atoms with Crippen LogP contribution in [0.2, 0.25) is 0 Å². The van der Waals surface area contributed by atoms with Gasteiger partial charge in [-0.2, -0.15) is 0 Å². The predicted octanol–water partition coefficient (Wildman–Crippen LogP) is 5.80. The normalized spacial score (nSPS) is 10.9. The smallest absolute Gasteiger partial charge is 0.0400 e. The number of benzene rings is 2. The molecule has 20 heavy (non-hydrogen) atoms. The van der Waals surface area contributed by atoms with Crippen LogP contribution in [0.4, 0.5) is 5.69 Å². The zero-order valence-electron chi connectivity index (χ0n) is 12.6. The second kappa shape index (κ2) is 6.45. The van der Waals surface area contributed by atoms with Gasteiger partial charge >= 0.3 is 0 Å². The van der Waals surface area contributed by atoms with Gasteiger partial charge in [-0.05, 0) is 54.2 Å². The van der Waals surface area contributed by atoms with Crippen molar-refractivity contribution in [2.75, 3.05) is 5.32 Å². The summed E-state index contributed by atoms with van der Waals surface area (Å²) in [6, 6.07) is 13.2. The minimum atomic E-state index is 0.591. The maximum Gasteiger partial charge on any atom is 0.0400 e. The quantitative estimate of drug-likeness (QED) is 0.746. The Balaban J connectivity index is 2.05. The molecule has 0 aliphatic heterocycles. The molecule has 0 unspecified atom stereocenters. The van der Waals surface area contributed by atoms with Gasteiger partial charge in [0.05, 0.1) is 0 Å². The molecule has 0 aliphatic rings. The molecule has 1 nitrogen and oxygen atoms in total. The highest BCUT2D eigenvalue weighted by Gasteiger charge is 2.03. The Morgan fingerprint density at radius 1 is 1.00 bits per heavy atom. The van der Waals surface area contributed by atoms with E-state index < -0.39 is 0 Å². The third kappa shape index (κ3) is 3.63. The van der Waals surface area contributed by atoms with Gasteiger partial charge in [-0.3, -0.25) is 0 Å². The largest absolute Gasteiger partial charge is 0.381 e. The summed E-state index contributed by atoms with van der Waals surface area (Å²) in [7, 11) is 0. The van der Waals surface area contributed by atoms with Crippen molar-refractivity contribution < 1.29 is 0 Å². The Bertz CT molecular complexity index is 562. The van der Waals surface area contributed by atoms with Crippen molar-refractivity contribution in [1.82, 2.24) is 0 Å². The molecule has 0 fully saturated rings. The lowest BCUT2D eigenvalue weighted by Gasteiger charge is -2.11. The molecule has 0 saturated carbocycles. The number of hydrogen-bond donors (Lipinski definition) is 1. The van der Waals surface area contributed by atoms with E-state index in [1.165, 1.54) is 32.4 Å². The van der Waals surface area contributed by atoms with Gasteiger partial charge in [-0.1, -0.05) is 54.0 Å². The molecule has 0 amide bonds. The standard InChI is InChI=1S/C18H22BrN/c1-12(2)16-7-5-15(6-8-16)11-20-17-9-13(3)18(19)14(4)10-17/h5-10,12,20H,11H2,1-4H3. The average Bonchev–Trinajstić information content (AvgIpc) is 2.42. The second-order valence-corrected chi connectivity index (χ2v) is 6.47. The summed E-state index contributed by atoms with van der Waals surface area (Å²) < 4.78 is 1.20. The molecule has 0 aromatic heterocycles. The van der Waals surface area contributed by atoms with Crippen molar-refractivity contribution >= 4 is 21.6 Å². The lowest BCUT2D eigenvalue weighted by molar-refractivity contribution is 0.865. The van der Waals surface area contributed by atoms with Crippen molar-refractivity contribution in [1.29, 1.82) is 0 Å². The first-order chi connectivity index (χ1) is 9.47. The molecule has 0 heterocycles. The minimum Gasteiger partial charge on any atom is -0.381 e. The van der Waals surface area contributed by atoms with E-state index in [0.717, 1.165) is 6.54 Å². The minimum absolute atomic E-state index is 0.591. The molecule has 1 N–H and O–H groups in total. The summed E-state index contributed by atoms with van der Waals surface area (Å²) in [5.74, 6) is 0.591. The molecule has 0 atom stereocenters. The summed E-state index contributed by atoms with van der Waals surface area (Å²) in [5.41, 5.74) is 6.41. The van der Waals surface area contributed by atoms with Gasteiger partial charge in [0.1, 0.15) is 0 Å². The fourth-order valence-electron chi connectivity index (χ4n) is 2.27. The van der Waals surface area contributed by atoms with E-state index in [0.29, 0.717) is 5.92 Å². The summed E-state index contributed by atoms with van der Waals surface area (Å²) in [5, 5.41) is 3.50. The summed E-state index contributed by atoms with van der Waals surface area (Å²) in [6.07, 6.45) is 0. The van der Waals surface area contributed by atoms with Crippen LogP contribution in [0.1, 0.15) is 42.0 Å². The van der Waals surface area contributed by atoms with Crippen LogP contribution in [-0.2, 0) is 6.54 Å². The van der Waals surface area contributed by atoms with E-state index >= 15 is 0 Å². The zero-order valence-corrected chi connectivity index (χ0v) is 14.2. The second-order valence-electron chi connectivity index (χ2n) is 5.67. The van der Waals surface area contributed by atoms with Gasteiger partial charge in [-0.25, -0.2) is 0 Å². The van der Waals surface area contributed by atoms with Crippen molar-refractivity contribution in [2.24, 2.45) is 0 Å². The van der Waals surface area contributed by atoms with E-state index in [1.54, 1.807) is 0 Å². The zero-order chi connectivity index (χ0) is 14.7. The maximum absolute atomic E-state index is 3.60. The molecule has 2 rings (SSSR count). The fraction of sp³-hybridized carbons (Fsp3) is 0.333. The maximum atomic E-state index is 3.60. The van der Waals surface area contributed by atoms with E-state index in [9.17, 15) is 0 Å². The summed E-state index contributed by atoms with van der Waals surface area (Å²) in [4.78, 5) is 0. The Labute approximate surface area is 130 Å². The fourth-order valence-corrected chi connectivity index (χ4v) is 2.50. The molecular formula is C18H22BrN. The van der Waals surface area contributed by atoms with Crippen LogP contribution in [0.3, 0.4) is 0 Å². The average molecular weight is 332 g/mol. The molecule has 106 valence electrons. The van der Waals surface area contributed by atoms with E-state index in [2.05, 4.69) is 85.3 Å². The number of rotatable bonds is 4.